The van der Waals surface area contributed by atoms with Crippen molar-refractivity contribution < 1.29 is 14.6 Å². The van der Waals surface area contributed by atoms with Gasteiger partial charge in [0.1, 0.15) is 18.2 Å². The molecule has 2 heterocycles. The van der Waals surface area contributed by atoms with Crippen LogP contribution in [0, 0.1) is 0 Å². The summed E-state index contributed by atoms with van der Waals surface area (Å²) in [6.45, 7) is 1.51. The van der Waals surface area contributed by atoms with E-state index in [4.69, 9.17) is 9.72 Å². The van der Waals surface area contributed by atoms with Crippen molar-refractivity contribution in [2.75, 3.05) is 4.90 Å². The van der Waals surface area contributed by atoms with Gasteiger partial charge in [0.25, 0.3) is 0 Å². The van der Waals surface area contributed by atoms with E-state index >= 15 is 0 Å². The second-order valence-corrected chi connectivity index (χ2v) is 9.47. The Balaban J connectivity index is 1.38. The third kappa shape index (κ3) is 6.20. The molecule has 5 rings (SSSR count). The molecular weight excluding hydrogens is 482 g/mol. The lowest BCUT2D eigenvalue weighted by Gasteiger charge is -2.24. The van der Waals surface area contributed by atoms with Gasteiger partial charge >= 0.3 is 5.97 Å². The zero-order valence-corrected chi connectivity index (χ0v) is 20.8. The van der Waals surface area contributed by atoms with Gasteiger partial charge in [-0.3, -0.25) is 0 Å². The Hall–Kier alpha value is -4.49. The Morgan fingerprint density at radius 2 is 1.65 bits per heavy atom. The summed E-state index contributed by atoms with van der Waals surface area (Å²) in [6, 6.07) is 30.8. The highest BCUT2D eigenvalue weighted by atomic mass is 32.1. The molecule has 2 aromatic heterocycles. The first-order chi connectivity index (χ1) is 18.2. The number of hydrogen-bond acceptors (Lipinski definition) is 6. The van der Waals surface area contributed by atoms with E-state index in [1.54, 1.807) is 29.7 Å². The van der Waals surface area contributed by atoms with E-state index in [2.05, 4.69) is 16.0 Å². The smallest absolute Gasteiger partial charge is 0.336 e. The third-order valence-corrected chi connectivity index (χ3v) is 6.72. The Morgan fingerprint density at radius 1 is 0.865 bits per heavy atom. The number of nitrogens with zero attached hydrogens (tertiary/aromatic N) is 3. The SMILES string of the molecule is O=C(O)c1ccccc1CN(Cc1cccs1)c1ccnc(-c2ccc(OCc3ccccc3)cc2)n1. The Bertz CT molecular complexity index is 1460. The van der Waals surface area contributed by atoms with Gasteiger partial charge in [0.2, 0.25) is 0 Å². The van der Waals surface area contributed by atoms with Gasteiger partial charge in [0.05, 0.1) is 12.1 Å². The Morgan fingerprint density at radius 3 is 2.41 bits per heavy atom. The molecule has 0 amide bonds. The molecular formula is C30H25N3O3S. The van der Waals surface area contributed by atoms with Gasteiger partial charge in [0.15, 0.2) is 5.82 Å². The predicted octanol–water partition coefficient (Wildman–Crippen LogP) is 6.69. The maximum absolute atomic E-state index is 11.8. The molecule has 6 nitrogen and oxygen atoms in total. The molecule has 0 fully saturated rings. The maximum atomic E-state index is 11.8. The average Bonchev–Trinajstić information content (AvgIpc) is 3.46. The lowest BCUT2D eigenvalue weighted by atomic mass is 10.1. The zero-order valence-electron chi connectivity index (χ0n) is 20.0. The van der Waals surface area contributed by atoms with E-state index in [9.17, 15) is 9.90 Å². The predicted molar refractivity (Wildman–Crippen MR) is 146 cm³/mol. The van der Waals surface area contributed by atoms with E-state index in [0.29, 0.717) is 31.1 Å². The van der Waals surface area contributed by atoms with E-state index in [-0.39, 0.29) is 0 Å². The third-order valence-electron chi connectivity index (χ3n) is 5.86. The molecule has 0 saturated carbocycles. The number of carboxylic acid groups (broad SMARTS) is 1. The van der Waals surface area contributed by atoms with Gasteiger partial charge < -0.3 is 14.7 Å². The fourth-order valence-electron chi connectivity index (χ4n) is 3.99. The van der Waals surface area contributed by atoms with Crippen LogP contribution in [0.2, 0.25) is 0 Å². The summed E-state index contributed by atoms with van der Waals surface area (Å²) in [4.78, 5) is 24.4. The molecule has 0 radical (unpaired) electrons. The number of aromatic carboxylic acids is 1. The second kappa shape index (κ2) is 11.5. The topological polar surface area (TPSA) is 75.5 Å². The molecule has 184 valence electrons. The number of benzene rings is 3. The minimum Gasteiger partial charge on any atom is -0.489 e. The molecule has 0 unspecified atom stereocenters. The molecule has 0 aliphatic carbocycles. The van der Waals surface area contributed by atoms with Crippen molar-refractivity contribution in [3.05, 3.63) is 130 Å². The highest BCUT2D eigenvalue weighted by Crippen LogP contribution is 2.25. The largest absolute Gasteiger partial charge is 0.489 e. The van der Waals surface area contributed by atoms with Crippen LogP contribution in [0.4, 0.5) is 5.82 Å². The highest BCUT2D eigenvalue weighted by molar-refractivity contribution is 7.09. The van der Waals surface area contributed by atoms with Crippen LogP contribution in [0.1, 0.15) is 26.4 Å². The van der Waals surface area contributed by atoms with Crippen molar-refractivity contribution >= 4 is 23.1 Å². The fraction of sp³-hybridized carbons (Fsp3) is 0.100. The van der Waals surface area contributed by atoms with Crippen molar-refractivity contribution in [1.82, 2.24) is 9.97 Å². The normalized spacial score (nSPS) is 10.7. The molecule has 5 aromatic rings. The molecule has 3 aromatic carbocycles. The number of carbonyl (C=O) groups is 1. The number of thiophene rings is 1. The van der Waals surface area contributed by atoms with Crippen LogP contribution in [0.25, 0.3) is 11.4 Å². The van der Waals surface area contributed by atoms with Gasteiger partial charge in [-0.05, 0) is 59.0 Å². The molecule has 37 heavy (non-hydrogen) atoms. The summed E-state index contributed by atoms with van der Waals surface area (Å²) < 4.78 is 5.90. The van der Waals surface area contributed by atoms with Crippen molar-refractivity contribution in [1.29, 1.82) is 0 Å². The lowest BCUT2D eigenvalue weighted by molar-refractivity contribution is 0.0695. The minimum atomic E-state index is -0.940. The first kappa shape index (κ1) is 24.2. The summed E-state index contributed by atoms with van der Waals surface area (Å²) in [5.41, 5.74) is 3.00. The molecule has 0 bridgehead atoms. The quantitative estimate of drug-likeness (QED) is 0.227. The van der Waals surface area contributed by atoms with Gasteiger partial charge in [0, 0.05) is 23.2 Å². The maximum Gasteiger partial charge on any atom is 0.336 e. The van der Waals surface area contributed by atoms with Crippen molar-refractivity contribution in [3.63, 3.8) is 0 Å². The van der Waals surface area contributed by atoms with Crippen LogP contribution < -0.4 is 9.64 Å². The summed E-state index contributed by atoms with van der Waals surface area (Å²) in [5.74, 6) is 1.15. The molecule has 1 N–H and O–H groups in total. The van der Waals surface area contributed by atoms with Crippen molar-refractivity contribution in [3.8, 4) is 17.1 Å². The number of ether oxygens (including phenoxy) is 1. The van der Waals surface area contributed by atoms with Crippen LogP contribution in [0.5, 0.6) is 5.75 Å². The number of hydrogen-bond donors (Lipinski definition) is 1. The first-order valence-electron chi connectivity index (χ1n) is 11.8. The van der Waals surface area contributed by atoms with E-state index < -0.39 is 5.97 Å². The van der Waals surface area contributed by atoms with Crippen LogP contribution in [0.3, 0.4) is 0 Å². The van der Waals surface area contributed by atoms with E-state index in [1.807, 2.05) is 84.2 Å². The standard InChI is InChI=1S/C30H25N3O3S/c34-30(35)27-11-5-4-9-24(27)19-33(20-26-10-6-18-37-26)28-16-17-31-29(32-28)23-12-14-25(15-13-23)36-21-22-7-2-1-3-8-22/h1-18H,19-21H2,(H,34,35). The zero-order chi connectivity index (χ0) is 25.5. The monoisotopic (exact) mass is 507 g/mol. The number of rotatable bonds is 10. The van der Waals surface area contributed by atoms with Gasteiger partial charge in [-0.2, -0.15) is 0 Å². The number of aromatic nitrogens is 2. The van der Waals surface area contributed by atoms with Gasteiger partial charge in [-0.1, -0.05) is 54.6 Å². The molecule has 7 heteroatoms. The average molecular weight is 508 g/mol. The van der Waals surface area contributed by atoms with Gasteiger partial charge in [-0.15, -0.1) is 11.3 Å². The van der Waals surface area contributed by atoms with E-state index in [0.717, 1.165) is 33.1 Å². The van der Waals surface area contributed by atoms with E-state index in [1.165, 1.54) is 0 Å². The summed E-state index contributed by atoms with van der Waals surface area (Å²) in [7, 11) is 0. The molecule has 0 spiro atoms. The van der Waals surface area contributed by atoms with Crippen LogP contribution in [-0.2, 0) is 19.7 Å². The van der Waals surface area contributed by atoms with Crippen LogP contribution in [-0.4, -0.2) is 21.0 Å². The molecule has 0 saturated heterocycles. The fourth-order valence-corrected chi connectivity index (χ4v) is 4.71. The second-order valence-electron chi connectivity index (χ2n) is 8.43. The van der Waals surface area contributed by atoms with Crippen molar-refractivity contribution in [2.45, 2.75) is 19.7 Å². The molecule has 0 aliphatic heterocycles. The van der Waals surface area contributed by atoms with Crippen molar-refractivity contribution in [2.24, 2.45) is 0 Å². The van der Waals surface area contributed by atoms with Crippen LogP contribution in [0.15, 0.2) is 109 Å². The minimum absolute atomic E-state index is 0.291. The number of anilines is 1. The summed E-state index contributed by atoms with van der Waals surface area (Å²) >= 11 is 1.66. The summed E-state index contributed by atoms with van der Waals surface area (Å²) in [5, 5.41) is 11.7. The Labute approximate surface area is 219 Å². The molecule has 0 aliphatic rings. The summed E-state index contributed by atoms with van der Waals surface area (Å²) in [6.07, 6.45) is 1.74. The number of carboxylic acids is 1. The first-order valence-corrected chi connectivity index (χ1v) is 12.7. The highest BCUT2D eigenvalue weighted by Gasteiger charge is 2.16. The Kier molecular flexibility index (Phi) is 7.52. The molecule has 0 atom stereocenters. The van der Waals surface area contributed by atoms with Gasteiger partial charge in [-0.25, -0.2) is 14.8 Å². The lowest BCUT2D eigenvalue weighted by Crippen LogP contribution is -2.24. The van der Waals surface area contributed by atoms with Crippen LogP contribution >= 0.6 is 11.3 Å².